The van der Waals surface area contributed by atoms with E-state index in [4.69, 9.17) is 25.1 Å². The van der Waals surface area contributed by atoms with E-state index in [9.17, 15) is 9.36 Å². The molecule has 33 heavy (non-hydrogen) atoms. The van der Waals surface area contributed by atoms with Crippen LogP contribution >= 0.6 is 31.0 Å². The highest BCUT2D eigenvalue weighted by molar-refractivity contribution is 7.99. The van der Waals surface area contributed by atoms with Crippen LogP contribution in [0, 0.1) is 0 Å². The van der Waals surface area contributed by atoms with Gasteiger partial charge in [-0.25, -0.2) is 5.43 Å². The van der Waals surface area contributed by atoms with E-state index in [-0.39, 0.29) is 24.2 Å². The molecule has 0 saturated carbocycles. The van der Waals surface area contributed by atoms with E-state index in [0.29, 0.717) is 16.5 Å². The Morgan fingerprint density at radius 3 is 2.52 bits per heavy atom. The van der Waals surface area contributed by atoms with Crippen molar-refractivity contribution in [2.45, 2.75) is 24.9 Å². The fraction of sp³-hybridized carbons (Fsp3) is 0.300. The topological polar surface area (TPSA) is 128 Å². The van der Waals surface area contributed by atoms with Crippen molar-refractivity contribution in [2.24, 2.45) is 0 Å². The van der Waals surface area contributed by atoms with Gasteiger partial charge in [-0.3, -0.25) is 19.8 Å². The number of rotatable bonds is 12. The molecule has 0 bridgehead atoms. The van der Waals surface area contributed by atoms with Gasteiger partial charge in [0.2, 0.25) is 11.8 Å². The maximum Gasteiger partial charge on any atom is 0.353 e. The number of hydrogen-bond acceptors (Lipinski definition) is 10. The van der Waals surface area contributed by atoms with Crippen molar-refractivity contribution in [2.75, 3.05) is 19.0 Å². The largest absolute Gasteiger partial charge is 0.411 e. The zero-order chi connectivity index (χ0) is 23.7. The molecule has 1 atom stereocenters. The zero-order valence-corrected chi connectivity index (χ0v) is 20.4. The molecule has 0 saturated heterocycles. The molecule has 1 amide bonds. The summed E-state index contributed by atoms with van der Waals surface area (Å²) < 4.78 is 29.9. The molecular formula is C20H23ClN5O5PS. The molecule has 0 aliphatic carbocycles. The third-order valence-corrected chi connectivity index (χ3v) is 7.58. The van der Waals surface area contributed by atoms with Crippen molar-refractivity contribution in [3.63, 3.8) is 0 Å². The highest BCUT2D eigenvalue weighted by Crippen LogP contribution is 2.60. The molecule has 13 heteroatoms. The lowest BCUT2D eigenvalue weighted by Crippen LogP contribution is -2.41. The molecule has 0 spiro atoms. The third kappa shape index (κ3) is 6.86. The molecule has 3 aromatic rings. The molecule has 0 fully saturated rings. The first kappa shape index (κ1) is 25.4. The van der Waals surface area contributed by atoms with Crippen LogP contribution in [0.3, 0.4) is 0 Å². The minimum absolute atomic E-state index is 0.0339. The van der Waals surface area contributed by atoms with E-state index in [1.807, 2.05) is 0 Å². The highest BCUT2D eigenvalue weighted by atomic mass is 35.5. The van der Waals surface area contributed by atoms with Gasteiger partial charge >= 0.3 is 7.60 Å². The van der Waals surface area contributed by atoms with Crippen LogP contribution < -0.4 is 10.9 Å². The normalized spacial score (nSPS) is 12.5. The smallest absolute Gasteiger partial charge is 0.353 e. The average Bonchev–Trinajstić information content (AvgIpc) is 3.29. The van der Waals surface area contributed by atoms with Gasteiger partial charge in [-0.1, -0.05) is 41.6 Å². The Kier molecular flexibility index (Phi) is 9.42. The van der Waals surface area contributed by atoms with E-state index < -0.39 is 19.3 Å². The van der Waals surface area contributed by atoms with Gasteiger partial charge in [0.25, 0.3) is 5.22 Å². The zero-order valence-electron chi connectivity index (χ0n) is 17.9. The summed E-state index contributed by atoms with van der Waals surface area (Å²) in [5, 5.41) is 8.48. The summed E-state index contributed by atoms with van der Waals surface area (Å²) >= 11 is 7.37. The SMILES string of the molecule is CCOP(=O)(OCC)C(NNC(=O)CSc1nnc(-c2ccncc2)o1)c1ccccc1Cl. The Bertz CT molecular complexity index is 1090. The summed E-state index contributed by atoms with van der Waals surface area (Å²) in [6, 6.07) is 10.3. The maximum atomic E-state index is 13.4. The Balaban J connectivity index is 1.65. The molecule has 0 aliphatic heterocycles. The fourth-order valence-electron chi connectivity index (χ4n) is 2.76. The Labute approximate surface area is 200 Å². The van der Waals surface area contributed by atoms with Crippen LogP contribution in [-0.4, -0.2) is 40.1 Å². The van der Waals surface area contributed by atoms with Gasteiger partial charge in [-0.15, -0.1) is 10.2 Å². The minimum Gasteiger partial charge on any atom is -0.411 e. The number of hydrazine groups is 1. The molecular weight excluding hydrogens is 489 g/mol. The maximum absolute atomic E-state index is 13.4. The van der Waals surface area contributed by atoms with Crippen molar-refractivity contribution < 1.29 is 22.8 Å². The number of halogens is 1. The second kappa shape index (κ2) is 12.3. The number of carbonyl (C=O) groups is 1. The third-order valence-electron chi connectivity index (χ3n) is 4.14. The van der Waals surface area contributed by atoms with Crippen LogP contribution in [0.1, 0.15) is 25.2 Å². The van der Waals surface area contributed by atoms with Gasteiger partial charge in [0.15, 0.2) is 5.78 Å². The molecule has 2 heterocycles. The van der Waals surface area contributed by atoms with E-state index >= 15 is 0 Å². The lowest BCUT2D eigenvalue weighted by molar-refractivity contribution is -0.119. The predicted molar refractivity (Wildman–Crippen MR) is 125 cm³/mol. The average molecular weight is 512 g/mol. The Hall–Kier alpha value is -2.27. The first-order chi connectivity index (χ1) is 16.0. The van der Waals surface area contributed by atoms with Gasteiger partial charge in [0.05, 0.1) is 19.0 Å². The van der Waals surface area contributed by atoms with Crippen LogP contribution in [0.5, 0.6) is 0 Å². The summed E-state index contributed by atoms with van der Waals surface area (Å²) in [5.74, 6) is -1.14. The number of carbonyl (C=O) groups excluding carboxylic acids is 1. The van der Waals surface area contributed by atoms with Gasteiger partial charge in [-0.2, -0.15) is 0 Å². The number of nitrogens with zero attached hydrogens (tertiary/aromatic N) is 3. The van der Waals surface area contributed by atoms with Gasteiger partial charge in [0, 0.05) is 28.5 Å². The highest BCUT2D eigenvalue weighted by Gasteiger charge is 2.38. The molecule has 3 rings (SSSR count). The van der Waals surface area contributed by atoms with Crippen LogP contribution in [-0.2, 0) is 18.4 Å². The van der Waals surface area contributed by atoms with Crippen LogP contribution in [0.4, 0.5) is 0 Å². The molecule has 0 radical (unpaired) electrons. The number of thioether (sulfide) groups is 1. The van der Waals surface area contributed by atoms with E-state index in [2.05, 4.69) is 26.0 Å². The molecule has 1 unspecified atom stereocenters. The van der Waals surface area contributed by atoms with E-state index in [1.165, 1.54) is 0 Å². The number of nitrogens with one attached hydrogen (secondary N) is 2. The van der Waals surface area contributed by atoms with Crippen molar-refractivity contribution in [1.29, 1.82) is 0 Å². The Morgan fingerprint density at radius 1 is 1.15 bits per heavy atom. The second-order valence-electron chi connectivity index (χ2n) is 6.39. The van der Waals surface area contributed by atoms with Crippen molar-refractivity contribution in [3.8, 4) is 11.5 Å². The van der Waals surface area contributed by atoms with Crippen LogP contribution in [0.15, 0.2) is 58.4 Å². The van der Waals surface area contributed by atoms with Gasteiger partial charge < -0.3 is 13.5 Å². The molecule has 2 N–H and O–H groups in total. The monoisotopic (exact) mass is 511 g/mol. The fourth-order valence-corrected chi connectivity index (χ4v) is 5.53. The van der Waals surface area contributed by atoms with E-state index in [0.717, 1.165) is 17.3 Å². The van der Waals surface area contributed by atoms with Crippen LogP contribution in [0.25, 0.3) is 11.5 Å². The first-order valence-electron chi connectivity index (χ1n) is 10.0. The summed E-state index contributed by atoms with van der Waals surface area (Å²) in [4.78, 5) is 16.4. The van der Waals surface area contributed by atoms with Crippen LogP contribution in [0.2, 0.25) is 5.02 Å². The van der Waals surface area contributed by atoms with Crippen molar-refractivity contribution >= 4 is 36.9 Å². The van der Waals surface area contributed by atoms with Crippen molar-refractivity contribution in [3.05, 3.63) is 59.4 Å². The summed E-state index contributed by atoms with van der Waals surface area (Å²) in [6.07, 6.45) is 3.23. The van der Waals surface area contributed by atoms with Gasteiger partial charge in [-0.05, 0) is 32.0 Å². The number of hydrogen-bond donors (Lipinski definition) is 2. The van der Waals surface area contributed by atoms with Gasteiger partial charge in [0.1, 0.15) is 0 Å². The summed E-state index contributed by atoms with van der Waals surface area (Å²) in [5.41, 5.74) is 6.50. The molecule has 10 nitrogen and oxygen atoms in total. The number of aromatic nitrogens is 3. The second-order valence-corrected chi connectivity index (χ2v) is 9.84. The Morgan fingerprint density at radius 2 is 1.85 bits per heavy atom. The predicted octanol–water partition coefficient (Wildman–Crippen LogP) is 4.46. The number of pyridine rings is 1. The standard InChI is InChI=1S/C20H23ClN5O5PS/c1-3-29-32(28,30-4-2)19(15-7-5-6-8-16(15)21)25-23-17(27)13-33-20-26-24-18(31-20)14-9-11-22-12-10-14/h5-12,19,25H,3-4,13H2,1-2H3,(H,23,27). The lowest BCUT2D eigenvalue weighted by atomic mass is 10.2. The molecule has 176 valence electrons. The number of amides is 1. The lowest BCUT2D eigenvalue weighted by Gasteiger charge is -2.28. The quantitative estimate of drug-likeness (QED) is 0.204. The molecule has 0 aliphatic rings. The van der Waals surface area contributed by atoms with E-state index in [1.54, 1.807) is 62.6 Å². The summed E-state index contributed by atoms with van der Waals surface area (Å²) in [7, 11) is -3.71. The van der Waals surface area contributed by atoms with Crippen molar-refractivity contribution in [1.82, 2.24) is 26.0 Å². The molecule has 2 aromatic heterocycles. The first-order valence-corrected chi connectivity index (χ1v) is 13.0. The summed E-state index contributed by atoms with van der Waals surface area (Å²) in [6.45, 7) is 3.71. The number of benzene rings is 1. The molecule has 1 aromatic carbocycles. The minimum atomic E-state index is -3.71.